The van der Waals surface area contributed by atoms with Crippen LogP contribution in [-0.2, 0) is 16.0 Å². The number of hydrogen-bond acceptors (Lipinski definition) is 2. The normalized spacial score (nSPS) is 11.3. The van der Waals surface area contributed by atoms with Crippen molar-refractivity contribution < 1.29 is 9.53 Å². The van der Waals surface area contributed by atoms with Gasteiger partial charge in [-0.2, -0.15) is 0 Å². The standard InChI is InChI=1S/C14H18O2/c1-4-13-6-5-11(2)9-14(13)12(3)7-8-16-10-15/h5-7,9-10H,4,8H2,1-3H3/b12-7+. The number of carbonyl (C=O) groups is 1. The van der Waals surface area contributed by atoms with Crippen LogP contribution in [0.2, 0.25) is 0 Å². The molecule has 0 aliphatic rings. The molecule has 0 aliphatic heterocycles. The molecule has 0 saturated heterocycles. The van der Waals surface area contributed by atoms with E-state index < -0.39 is 0 Å². The van der Waals surface area contributed by atoms with Crippen LogP contribution < -0.4 is 0 Å². The second-order valence-electron chi connectivity index (χ2n) is 3.83. The molecule has 0 bridgehead atoms. The van der Waals surface area contributed by atoms with E-state index in [0.717, 1.165) is 12.0 Å². The van der Waals surface area contributed by atoms with Crippen molar-refractivity contribution in [1.82, 2.24) is 0 Å². The molecule has 0 aliphatic carbocycles. The van der Waals surface area contributed by atoms with Gasteiger partial charge in [-0.05, 0) is 43.0 Å². The Kier molecular flexibility index (Phi) is 4.77. The number of rotatable bonds is 5. The highest BCUT2D eigenvalue weighted by atomic mass is 16.5. The summed E-state index contributed by atoms with van der Waals surface area (Å²) in [5.74, 6) is 0. The number of benzene rings is 1. The smallest absolute Gasteiger partial charge is 0.293 e. The van der Waals surface area contributed by atoms with Crippen LogP contribution in [0.4, 0.5) is 0 Å². The fourth-order valence-electron chi connectivity index (χ4n) is 1.69. The third-order valence-electron chi connectivity index (χ3n) is 2.62. The molecule has 1 aromatic carbocycles. The Balaban J connectivity index is 2.96. The zero-order valence-corrected chi connectivity index (χ0v) is 10.1. The molecule has 2 nitrogen and oxygen atoms in total. The summed E-state index contributed by atoms with van der Waals surface area (Å²) in [6.45, 7) is 7.08. The van der Waals surface area contributed by atoms with Crippen LogP contribution in [0.1, 0.15) is 30.5 Å². The van der Waals surface area contributed by atoms with Crippen LogP contribution in [0.15, 0.2) is 24.3 Å². The number of carbonyl (C=O) groups excluding carboxylic acids is 1. The zero-order chi connectivity index (χ0) is 12.0. The van der Waals surface area contributed by atoms with Gasteiger partial charge in [0.25, 0.3) is 6.47 Å². The molecular weight excluding hydrogens is 200 g/mol. The van der Waals surface area contributed by atoms with Gasteiger partial charge in [-0.1, -0.05) is 30.7 Å². The minimum absolute atomic E-state index is 0.340. The van der Waals surface area contributed by atoms with Gasteiger partial charge in [0.1, 0.15) is 6.61 Å². The quantitative estimate of drug-likeness (QED) is 0.560. The van der Waals surface area contributed by atoms with Crippen molar-refractivity contribution in [2.24, 2.45) is 0 Å². The van der Waals surface area contributed by atoms with E-state index in [2.05, 4.69) is 36.8 Å². The Hall–Kier alpha value is -1.57. The largest absolute Gasteiger partial charge is 0.464 e. The predicted octanol–water partition coefficient (Wildman–Crippen LogP) is 3.13. The van der Waals surface area contributed by atoms with Crippen LogP contribution in [-0.4, -0.2) is 13.1 Å². The third kappa shape index (κ3) is 3.23. The van der Waals surface area contributed by atoms with E-state index >= 15 is 0 Å². The van der Waals surface area contributed by atoms with Gasteiger partial charge in [0.2, 0.25) is 0 Å². The number of allylic oxidation sites excluding steroid dienone is 1. The highest BCUT2D eigenvalue weighted by Gasteiger charge is 2.02. The fraction of sp³-hybridized carbons (Fsp3) is 0.357. The fourth-order valence-corrected chi connectivity index (χ4v) is 1.69. The molecule has 0 heterocycles. The average molecular weight is 218 g/mol. The minimum atomic E-state index is 0.340. The minimum Gasteiger partial charge on any atom is -0.464 e. The first-order chi connectivity index (χ1) is 7.69. The summed E-state index contributed by atoms with van der Waals surface area (Å²) in [4.78, 5) is 10.0. The van der Waals surface area contributed by atoms with Crippen molar-refractivity contribution in [2.75, 3.05) is 6.61 Å². The van der Waals surface area contributed by atoms with Gasteiger partial charge in [0.05, 0.1) is 0 Å². The summed E-state index contributed by atoms with van der Waals surface area (Å²) >= 11 is 0. The topological polar surface area (TPSA) is 26.3 Å². The summed E-state index contributed by atoms with van der Waals surface area (Å²) in [6, 6.07) is 6.45. The number of ether oxygens (including phenoxy) is 1. The number of aryl methyl sites for hydroxylation is 2. The van der Waals surface area contributed by atoms with E-state index in [-0.39, 0.29) is 0 Å². The highest BCUT2D eigenvalue weighted by Crippen LogP contribution is 2.20. The van der Waals surface area contributed by atoms with Gasteiger partial charge in [-0.15, -0.1) is 0 Å². The molecule has 16 heavy (non-hydrogen) atoms. The van der Waals surface area contributed by atoms with Gasteiger partial charge in [-0.3, -0.25) is 4.79 Å². The van der Waals surface area contributed by atoms with Crippen molar-refractivity contribution in [3.05, 3.63) is 41.0 Å². The molecule has 0 radical (unpaired) electrons. The summed E-state index contributed by atoms with van der Waals surface area (Å²) in [6.07, 6.45) is 2.94. The van der Waals surface area contributed by atoms with Gasteiger partial charge >= 0.3 is 0 Å². The maximum absolute atomic E-state index is 10.0. The Morgan fingerprint density at radius 1 is 1.44 bits per heavy atom. The summed E-state index contributed by atoms with van der Waals surface area (Å²) in [7, 11) is 0. The maximum Gasteiger partial charge on any atom is 0.293 e. The van der Waals surface area contributed by atoms with Crippen molar-refractivity contribution in [1.29, 1.82) is 0 Å². The molecule has 0 unspecified atom stereocenters. The van der Waals surface area contributed by atoms with Gasteiger partial charge in [0, 0.05) is 0 Å². The maximum atomic E-state index is 10.0. The summed E-state index contributed by atoms with van der Waals surface area (Å²) < 4.78 is 4.67. The molecule has 0 atom stereocenters. The van der Waals surface area contributed by atoms with Crippen LogP contribution in [0, 0.1) is 6.92 Å². The molecule has 0 fully saturated rings. The Morgan fingerprint density at radius 2 is 2.19 bits per heavy atom. The Bertz CT molecular complexity index is 392. The molecular formula is C14H18O2. The van der Waals surface area contributed by atoms with Gasteiger partial charge < -0.3 is 4.74 Å². The van der Waals surface area contributed by atoms with Crippen LogP contribution in [0.3, 0.4) is 0 Å². The first-order valence-corrected chi connectivity index (χ1v) is 5.51. The predicted molar refractivity (Wildman–Crippen MR) is 66.2 cm³/mol. The van der Waals surface area contributed by atoms with E-state index in [4.69, 9.17) is 0 Å². The van der Waals surface area contributed by atoms with E-state index in [9.17, 15) is 4.79 Å². The van der Waals surface area contributed by atoms with Crippen molar-refractivity contribution in [3.63, 3.8) is 0 Å². The third-order valence-corrected chi connectivity index (χ3v) is 2.62. The van der Waals surface area contributed by atoms with E-state index in [1.807, 2.05) is 13.0 Å². The zero-order valence-electron chi connectivity index (χ0n) is 10.1. The van der Waals surface area contributed by atoms with Crippen LogP contribution >= 0.6 is 0 Å². The van der Waals surface area contributed by atoms with Gasteiger partial charge in [0.15, 0.2) is 0 Å². The van der Waals surface area contributed by atoms with Gasteiger partial charge in [-0.25, -0.2) is 0 Å². The first kappa shape index (κ1) is 12.5. The molecule has 1 rings (SSSR count). The van der Waals surface area contributed by atoms with Crippen LogP contribution in [0.25, 0.3) is 5.57 Å². The lowest BCUT2D eigenvalue weighted by Gasteiger charge is -2.09. The molecule has 0 aromatic heterocycles. The lowest BCUT2D eigenvalue weighted by molar-refractivity contribution is -0.127. The van der Waals surface area contributed by atoms with E-state index in [0.29, 0.717) is 13.1 Å². The lowest BCUT2D eigenvalue weighted by Crippen LogP contribution is -1.93. The van der Waals surface area contributed by atoms with E-state index in [1.165, 1.54) is 16.7 Å². The molecule has 0 amide bonds. The monoisotopic (exact) mass is 218 g/mol. The van der Waals surface area contributed by atoms with Crippen LogP contribution in [0.5, 0.6) is 0 Å². The molecule has 2 heteroatoms. The van der Waals surface area contributed by atoms with Crippen molar-refractivity contribution in [2.45, 2.75) is 27.2 Å². The van der Waals surface area contributed by atoms with E-state index in [1.54, 1.807) is 0 Å². The SMILES string of the molecule is CCc1ccc(C)cc1/C(C)=C/COC=O. The molecule has 0 saturated carbocycles. The Morgan fingerprint density at radius 3 is 2.81 bits per heavy atom. The summed E-state index contributed by atoms with van der Waals surface area (Å²) in [5.41, 5.74) is 4.97. The van der Waals surface area contributed by atoms with Crippen molar-refractivity contribution >= 4 is 12.0 Å². The second kappa shape index (κ2) is 6.11. The van der Waals surface area contributed by atoms with Crippen molar-refractivity contribution in [3.8, 4) is 0 Å². The number of hydrogen-bond donors (Lipinski definition) is 0. The highest BCUT2D eigenvalue weighted by molar-refractivity contribution is 5.67. The molecule has 86 valence electrons. The molecule has 1 aromatic rings. The summed E-state index contributed by atoms with van der Waals surface area (Å²) in [5, 5.41) is 0. The average Bonchev–Trinajstić information content (AvgIpc) is 2.29. The molecule has 0 spiro atoms. The Labute approximate surface area is 96.9 Å². The second-order valence-corrected chi connectivity index (χ2v) is 3.83. The molecule has 0 N–H and O–H groups in total. The lowest BCUT2D eigenvalue weighted by atomic mass is 9.97. The first-order valence-electron chi connectivity index (χ1n) is 5.51.